The number of nitrogens with zero attached hydrogens (tertiary/aromatic N) is 2. The SMILES string of the molecule is NC(=O)[C@H]1CCCN1c1ccc(S(=O)(=O)Nc2ccccc2)cc1[N+](=O)[O-]. The van der Waals surface area contributed by atoms with E-state index in [0.717, 1.165) is 6.07 Å². The largest absolute Gasteiger partial charge is 0.368 e. The van der Waals surface area contributed by atoms with Crippen LogP contribution in [0, 0.1) is 10.1 Å². The fourth-order valence-corrected chi connectivity index (χ4v) is 4.21. The molecule has 1 amide bonds. The van der Waals surface area contributed by atoms with Crippen LogP contribution < -0.4 is 15.4 Å². The van der Waals surface area contributed by atoms with E-state index in [2.05, 4.69) is 4.72 Å². The first kappa shape index (κ1) is 18.6. The van der Waals surface area contributed by atoms with E-state index in [4.69, 9.17) is 5.73 Å². The summed E-state index contributed by atoms with van der Waals surface area (Å²) in [5.74, 6) is -0.566. The quantitative estimate of drug-likeness (QED) is 0.571. The zero-order chi connectivity index (χ0) is 19.6. The lowest BCUT2D eigenvalue weighted by molar-refractivity contribution is -0.384. The number of rotatable bonds is 6. The van der Waals surface area contributed by atoms with Gasteiger partial charge in [-0.2, -0.15) is 0 Å². The predicted molar refractivity (Wildman–Crippen MR) is 99.9 cm³/mol. The minimum Gasteiger partial charge on any atom is -0.368 e. The minimum absolute atomic E-state index is 0.181. The Morgan fingerprint density at radius 2 is 1.93 bits per heavy atom. The van der Waals surface area contributed by atoms with Crippen LogP contribution in [0.15, 0.2) is 53.4 Å². The molecule has 0 aliphatic carbocycles. The van der Waals surface area contributed by atoms with Crippen LogP contribution >= 0.6 is 0 Å². The van der Waals surface area contributed by atoms with Crippen molar-refractivity contribution in [1.29, 1.82) is 0 Å². The Labute approximate surface area is 156 Å². The fraction of sp³-hybridized carbons (Fsp3) is 0.235. The van der Waals surface area contributed by atoms with Crippen LogP contribution in [0.3, 0.4) is 0 Å². The van der Waals surface area contributed by atoms with E-state index >= 15 is 0 Å². The van der Waals surface area contributed by atoms with Crippen LogP contribution in [-0.4, -0.2) is 31.8 Å². The summed E-state index contributed by atoms with van der Waals surface area (Å²) in [6, 6.07) is 11.2. The van der Waals surface area contributed by atoms with Crippen molar-refractivity contribution in [3.8, 4) is 0 Å². The number of para-hydroxylation sites is 1. The van der Waals surface area contributed by atoms with E-state index in [1.807, 2.05) is 0 Å². The number of nitrogens with one attached hydrogen (secondary N) is 1. The molecule has 0 aromatic heterocycles. The molecule has 2 aromatic rings. The van der Waals surface area contributed by atoms with E-state index < -0.39 is 26.9 Å². The lowest BCUT2D eigenvalue weighted by Crippen LogP contribution is -2.40. The molecule has 2 aromatic carbocycles. The highest BCUT2D eigenvalue weighted by Crippen LogP contribution is 2.35. The second-order valence-corrected chi connectivity index (χ2v) is 7.82. The van der Waals surface area contributed by atoms with Crippen molar-refractivity contribution in [2.45, 2.75) is 23.8 Å². The van der Waals surface area contributed by atoms with Gasteiger partial charge in [-0.3, -0.25) is 19.6 Å². The second kappa shape index (κ2) is 7.23. The van der Waals surface area contributed by atoms with Crippen LogP contribution in [0.4, 0.5) is 17.1 Å². The Kier molecular flexibility index (Phi) is 5.00. The highest BCUT2D eigenvalue weighted by atomic mass is 32.2. The number of nitrogens with two attached hydrogens (primary N) is 1. The zero-order valence-electron chi connectivity index (χ0n) is 14.2. The maximum absolute atomic E-state index is 12.6. The molecule has 1 aliphatic rings. The number of hydrogen-bond acceptors (Lipinski definition) is 6. The number of hydrogen-bond donors (Lipinski definition) is 2. The van der Waals surface area contributed by atoms with E-state index in [1.165, 1.54) is 12.1 Å². The minimum atomic E-state index is -4.00. The Morgan fingerprint density at radius 3 is 2.56 bits per heavy atom. The second-order valence-electron chi connectivity index (χ2n) is 6.13. The van der Waals surface area contributed by atoms with E-state index in [1.54, 1.807) is 35.2 Å². The molecule has 0 saturated carbocycles. The molecule has 9 nitrogen and oxygen atoms in total. The van der Waals surface area contributed by atoms with Crippen molar-refractivity contribution < 1.29 is 18.1 Å². The molecule has 0 spiro atoms. The predicted octanol–water partition coefficient (Wildman–Crippen LogP) is 1.85. The Balaban J connectivity index is 1.99. The first-order valence-electron chi connectivity index (χ1n) is 8.22. The molecule has 1 aliphatic heterocycles. The smallest absolute Gasteiger partial charge is 0.293 e. The van der Waals surface area contributed by atoms with E-state index in [-0.39, 0.29) is 16.3 Å². The Bertz CT molecular complexity index is 978. The summed E-state index contributed by atoms with van der Waals surface area (Å²) in [5, 5.41) is 11.5. The van der Waals surface area contributed by atoms with Crippen LogP contribution in [0.25, 0.3) is 0 Å². The molecule has 3 N–H and O–H groups in total. The first-order valence-corrected chi connectivity index (χ1v) is 9.70. The summed E-state index contributed by atoms with van der Waals surface area (Å²) in [5.41, 5.74) is 5.52. The summed E-state index contributed by atoms with van der Waals surface area (Å²) in [7, 11) is -4.00. The number of nitro benzene ring substituents is 1. The molecular formula is C17H18N4O5S. The highest BCUT2D eigenvalue weighted by molar-refractivity contribution is 7.92. The third-order valence-corrected chi connectivity index (χ3v) is 5.75. The van der Waals surface area contributed by atoms with Crippen LogP contribution in [0.1, 0.15) is 12.8 Å². The van der Waals surface area contributed by atoms with Crippen molar-refractivity contribution in [3.05, 3.63) is 58.6 Å². The molecule has 0 radical (unpaired) electrons. The summed E-state index contributed by atoms with van der Waals surface area (Å²) >= 11 is 0. The van der Waals surface area contributed by atoms with Crippen molar-refractivity contribution in [2.24, 2.45) is 5.73 Å². The normalized spacial score (nSPS) is 16.9. The van der Waals surface area contributed by atoms with Gasteiger partial charge in [0.25, 0.3) is 15.7 Å². The van der Waals surface area contributed by atoms with Gasteiger partial charge in [0.15, 0.2) is 0 Å². The average Bonchev–Trinajstić information content (AvgIpc) is 3.11. The number of anilines is 2. The van der Waals surface area contributed by atoms with Crippen LogP contribution in [0.2, 0.25) is 0 Å². The number of benzene rings is 2. The van der Waals surface area contributed by atoms with Crippen molar-refractivity contribution in [2.75, 3.05) is 16.2 Å². The number of primary amides is 1. The summed E-state index contributed by atoms with van der Waals surface area (Å²) in [6.45, 7) is 0.433. The van der Waals surface area contributed by atoms with Crippen LogP contribution in [-0.2, 0) is 14.8 Å². The lowest BCUT2D eigenvalue weighted by atomic mass is 10.2. The van der Waals surface area contributed by atoms with Gasteiger partial charge in [-0.05, 0) is 37.1 Å². The van der Waals surface area contributed by atoms with Gasteiger partial charge >= 0.3 is 0 Å². The molecule has 10 heteroatoms. The molecule has 0 bridgehead atoms. The van der Waals surface area contributed by atoms with Crippen molar-refractivity contribution >= 4 is 33.0 Å². The Morgan fingerprint density at radius 1 is 1.22 bits per heavy atom. The zero-order valence-corrected chi connectivity index (χ0v) is 15.1. The van der Waals surface area contributed by atoms with Gasteiger partial charge in [0, 0.05) is 18.3 Å². The number of amides is 1. The molecule has 0 unspecified atom stereocenters. The van der Waals surface area contributed by atoms with E-state index in [9.17, 15) is 23.3 Å². The van der Waals surface area contributed by atoms with Crippen molar-refractivity contribution in [3.63, 3.8) is 0 Å². The highest BCUT2D eigenvalue weighted by Gasteiger charge is 2.34. The lowest BCUT2D eigenvalue weighted by Gasteiger charge is -2.24. The van der Waals surface area contributed by atoms with Gasteiger partial charge in [-0.15, -0.1) is 0 Å². The fourth-order valence-electron chi connectivity index (χ4n) is 3.13. The summed E-state index contributed by atoms with van der Waals surface area (Å²) < 4.78 is 27.5. The summed E-state index contributed by atoms with van der Waals surface area (Å²) in [6.07, 6.45) is 1.17. The van der Waals surface area contributed by atoms with Gasteiger partial charge in [-0.25, -0.2) is 8.42 Å². The topological polar surface area (TPSA) is 136 Å². The maximum atomic E-state index is 12.6. The molecule has 1 heterocycles. The van der Waals surface area contributed by atoms with Gasteiger partial charge < -0.3 is 10.6 Å². The van der Waals surface area contributed by atoms with E-state index in [0.29, 0.717) is 25.1 Å². The molecule has 1 atom stereocenters. The third kappa shape index (κ3) is 3.85. The third-order valence-electron chi connectivity index (χ3n) is 4.37. The molecular weight excluding hydrogens is 372 g/mol. The molecule has 1 saturated heterocycles. The van der Waals surface area contributed by atoms with Gasteiger partial charge in [0.2, 0.25) is 5.91 Å². The average molecular weight is 390 g/mol. The van der Waals surface area contributed by atoms with Gasteiger partial charge in [0.05, 0.1) is 9.82 Å². The maximum Gasteiger partial charge on any atom is 0.293 e. The Hall–Kier alpha value is -3.14. The first-order chi connectivity index (χ1) is 12.8. The van der Waals surface area contributed by atoms with Crippen LogP contribution in [0.5, 0.6) is 0 Å². The van der Waals surface area contributed by atoms with Gasteiger partial charge in [-0.1, -0.05) is 18.2 Å². The molecule has 27 heavy (non-hydrogen) atoms. The standard InChI is InChI=1S/C17H18N4O5S/c18-17(22)15-7-4-10-20(15)14-9-8-13(11-16(14)21(23)24)27(25,26)19-12-5-2-1-3-6-12/h1-3,5-6,8-9,11,15,19H,4,7,10H2,(H2,18,22)/t15-/m1/s1. The van der Waals surface area contributed by atoms with Gasteiger partial charge in [0.1, 0.15) is 11.7 Å². The number of sulfonamides is 1. The molecule has 1 fully saturated rings. The van der Waals surface area contributed by atoms with Crippen molar-refractivity contribution in [1.82, 2.24) is 0 Å². The number of nitro groups is 1. The molecule has 142 valence electrons. The molecule has 3 rings (SSSR count). The number of carbonyl (C=O) groups is 1. The summed E-state index contributed by atoms with van der Waals surface area (Å²) in [4.78, 5) is 23.8. The monoisotopic (exact) mass is 390 g/mol. The number of carbonyl (C=O) groups excluding carboxylic acids is 1.